The lowest BCUT2D eigenvalue weighted by atomic mass is 9.99. The molecule has 1 aliphatic heterocycles. The molecule has 0 amide bonds. The van der Waals surface area contributed by atoms with E-state index in [1.807, 2.05) is 4.90 Å². The average molecular weight is 393 g/mol. The number of methoxy groups -OCH3 is 1. The van der Waals surface area contributed by atoms with Crippen molar-refractivity contribution in [1.29, 1.82) is 0 Å². The molecular weight excluding hydrogens is 371 g/mol. The minimum Gasteiger partial charge on any atom is -0.494 e. The van der Waals surface area contributed by atoms with Crippen molar-refractivity contribution in [2.45, 2.75) is 25.1 Å². The summed E-state index contributed by atoms with van der Waals surface area (Å²) < 4.78 is 56.2. The zero-order chi connectivity index (χ0) is 16.2. The molecule has 0 saturated carbocycles. The Labute approximate surface area is 151 Å². The third kappa shape index (κ3) is 6.63. The van der Waals surface area contributed by atoms with E-state index in [2.05, 4.69) is 5.32 Å². The van der Waals surface area contributed by atoms with Gasteiger partial charge in [-0.15, -0.1) is 24.8 Å². The van der Waals surface area contributed by atoms with Crippen LogP contribution in [0.3, 0.4) is 0 Å². The number of piperazine rings is 1. The number of hydrogen-bond acceptors (Lipinski definition) is 3. The van der Waals surface area contributed by atoms with Crippen LogP contribution >= 0.6 is 24.8 Å². The summed E-state index contributed by atoms with van der Waals surface area (Å²) in [5.41, 5.74) is 0.657. The van der Waals surface area contributed by atoms with Crippen molar-refractivity contribution in [3.05, 3.63) is 29.6 Å². The molecule has 1 saturated heterocycles. The fraction of sp³-hybridized carbons (Fsp3) is 0.600. The zero-order valence-electron chi connectivity index (χ0n) is 13.2. The van der Waals surface area contributed by atoms with E-state index >= 15 is 0 Å². The molecule has 1 atom stereocenters. The second-order valence-corrected chi connectivity index (χ2v) is 5.35. The van der Waals surface area contributed by atoms with E-state index < -0.39 is 24.5 Å². The molecule has 1 N–H and O–H groups in total. The van der Waals surface area contributed by atoms with Gasteiger partial charge in [-0.05, 0) is 24.1 Å². The van der Waals surface area contributed by atoms with Crippen molar-refractivity contribution in [2.24, 2.45) is 0 Å². The summed E-state index contributed by atoms with van der Waals surface area (Å²) in [6, 6.07) is 3.90. The van der Waals surface area contributed by atoms with Crippen molar-refractivity contribution in [3.63, 3.8) is 0 Å². The first-order valence-electron chi connectivity index (χ1n) is 7.25. The molecule has 9 heteroatoms. The molecule has 0 aliphatic carbocycles. The van der Waals surface area contributed by atoms with E-state index in [1.54, 1.807) is 6.07 Å². The fourth-order valence-corrected chi connectivity index (χ4v) is 2.74. The minimum absolute atomic E-state index is 0. The Kier molecular flexibility index (Phi) is 9.96. The standard InChI is InChI=1S/C15H20F4N2O.2ClH/c1-22-14-10-11(2-3-12(14)16)13(4-5-15(17,18)19)21-8-6-20-7-9-21;;/h2-3,10,13,20H,4-9H2,1H3;2*1H/t13-;;/m1../s1. The molecule has 0 aromatic heterocycles. The van der Waals surface area contributed by atoms with Crippen LogP contribution in [0, 0.1) is 5.82 Å². The minimum atomic E-state index is -4.20. The number of nitrogens with zero attached hydrogens (tertiary/aromatic N) is 1. The quantitative estimate of drug-likeness (QED) is 0.767. The molecule has 0 bridgehead atoms. The first-order chi connectivity index (χ1) is 10.4. The van der Waals surface area contributed by atoms with Crippen LogP contribution < -0.4 is 10.1 Å². The van der Waals surface area contributed by atoms with Gasteiger partial charge in [-0.25, -0.2) is 4.39 Å². The highest BCUT2D eigenvalue weighted by molar-refractivity contribution is 5.85. The van der Waals surface area contributed by atoms with Crippen molar-refractivity contribution in [1.82, 2.24) is 10.2 Å². The van der Waals surface area contributed by atoms with Gasteiger partial charge in [0.25, 0.3) is 0 Å². The summed E-state index contributed by atoms with van der Waals surface area (Å²) in [5, 5.41) is 3.18. The van der Waals surface area contributed by atoms with E-state index in [0.717, 1.165) is 13.1 Å². The Morgan fingerprint density at radius 1 is 1.21 bits per heavy atom. The summed E-state index contributed by atoms with van der Waals surface area (Å²) >= 11 is 0. The Morgan fingerprint density at radius 2 is 1.83 bits per heavy atom. The lowest BCUT2D eigenvalue weighted by molar-refractivity contribution is -0.138. The number of halogens is 6. The maximum absolute atomic E-state index is 13.5. The first-order valence-corrected chi connectivity index (χ1v) is 7.25. The molecule has 1 aliphatic rings. The highest BCUT2D eigenvalue weighted by atomic mass is 35.5. The van der Waals surface area contributed by atoms with Crippen molar-refractivity contribution >= 4 is 24.8 Å². The average Bonchev–Trinajstić information content (AvgIpc) is 2.49. The smallest absolute Gasteiger partial charge is 0.389 e. The molecule has 1 heterocycles. The first kappa shape index (κ1) is 23.2. The maximum atomic E-state index is 13.5. The van der Waals surface area contributed by atoms with Gasteiger partial charge in [-0.3, -0.25) is 4.90 Å². The highest BCUT2D eigenvalue weighted by Gasteiger charge is 2.31. The normalized spacial score (nSPS) is 16.7. The van der Waals surface area contributed by atoms with Crippen LogP contribution in [0.2, 0.25) is 0 Å². The number of alkyl halides is 3. The Hall–Kier alpha value is -0.760. The summed E-state index contributed by atoms with van der Waals surface area (Å²) in [7, 11) is 1.34. The zero-order valence-corrected chi connectivity index (χ0v) is 14.9. The topological polar surface area (TPSA) is 24.5 Å². The van der Waals surface area contributed by atoms with Crippen LogP contribution in [-0.2, 0) is 0 Å². The number of ether oxygens (including phenoxy) is 1. The van der Waals surface area contributed by atoms with Gasteiger partial charge in [0.15, 0.2) is 11.6 Å². The lowest BCUT2D eigenvalue weighted by Gasteiger charge is -2.35. The molecule has 24 heavy (non-hydrogen) atoms. The van der Waals surface area contributed by atoms with Gasteiger partial charge in [0.2, 0.25) is 0 Å². The number of benzene rings is 1. The predicted octanol–water partition coefficient (Wildman–Crippen LogP) is 3.97. The van der Waals surface area contributed by atoms with E-state index in [-0.39, 0.29) is 37.0 Å². The van der Waals surface area contributed by atoms with Crippen LogP contribution in [0.1, 0.15) is 24.4 Å². The summed E-state index contributed by atoms with van der Waals surface area (Å²) in [4.78, 5) is 2.01. The van der Waals surface area contributed by atoms with E-state index in [0.29, 0.717) is 18.7 Å². The lowest BCUT2D eigenvalue weighted by Crippen LogP contribution is -2.45. The molecule has 1 aromatic rings. The van der Waals surface area contributed by atoms with Gasteiger partial charge in [0.05, 0.1) is 7.11 Å². The van der Waals surface area contributed by atoms with Gasteiger partial charge in [-0.1, -0.05) is 6.07 Å². The maximum Gasteiger partial charge on any atom is 0.389 e. The van der Waals surface area contributed by atoms with Gasteiger partial charge in [0, 0.05) is 38.6 Å². The molecular formula is C15H22Cl2F4N2O. The third-order valence-electron chi connectivity index (χ3n) is 3.85. The second-order valence-electron chi connectivity index (χ2n) is 5.35. The van der Waals surface area contributed by atoms with Crippen LogP contribution in [-0.4, -0.2) is 44.4 Å². The number of hydrogen-bond donors (Lipinski definition) is 1. The van der Waals surface area contributed by atoms with Crippen LogP contribution in [0.15, 0.2) is 18.2 Å². The van der Waals surface area contributed by atoms with E-state index in [9.17, 15) is 17.6 Å². The van der Waals surface area contributed by atoms with Gasteiger partial charge >= 0.3 is 6.18 Å². The Bertz CT molecular complexity index is 497. The highest BCUT2D eigenvalue weighted by Crippen LogP contribution is 2.33. The van der Waals surface area contributed by atoms with Crippen LogP contribution in [0.25, 0.3) is 0 Å². The largest absolute Gasteiger partial charge is 0.494 e. The van der Waals surface area contributed by atoms with Crippen molar-refractivity contribution in [3.8, 4) is 5.75 Å². The summed E-state index contributed by atoms with van der Waals surface area (Å²) in [6.45, 7) is 2.81. The molecule has 2 rings (SSSR count). The number of rotatable bonds is 5. The molecule has 140 valence electrons. The molecule has 0 unspecified atom stereocenters. The van der Waals surface area contributed by atoms with Gasteiger partial charge in [-0.2, -0.15) is 13.2 Å². The SMILES string of the molecule is COc1cc([C@@H](CCC(F)(F)F)N2CCNCC2)ccc1F.Cl.Cl. The Balaban J connectivity index is 0.00000264. The molecule has 0 spiro atoms. The van der Waals surface area contributed by atoms with Crippen molar-refractivity contribution < 1.29 is 22.3 Å². The molecule has 1 aromatic carbocycles. The fourth-order valence-electron chi connectivity index (χ4n) is 2.74. The Morgan fingerprint density at radius 3 is 2.38 bits per heavy atom. The monoisotopic (exact) mass is 392 g/mol. The second kappa shape index (κ2) is 10.3. The van der Waals surface area contributed by atoms with Crippen LogP contribution in [0.5, 0.6) is 5.75 Å². The predicted molar refractivity (Wildman–Crippen MR) is 89.9 cm³/mol. The van der Waals surface area contributed by atoms with Crippen molar-refractivity contribution in [2.75, 3.05) is 33.3 Å². The number of nitrogens with one attached hydrogen (secondary N) is 1. The summed E-state index contributed by atoms with van der Waals surface area (Å²) in [6.07, 6.45) is -5.10. The summed E-state index contributed by atoms with van der Waals surface area (Å²) in [5.74, 6) is -0.453. The third-order valence-corrected chi connectivity index (χ3v) is 3.85. The molecule has 1 fully saturated rings. The van der Waals surface area contributed by atoms with Crippen LogP contribution in [0.4, 0.5) is 17.6 Å². The van der Waals surface area contributed by atoms with Gasteiger partial charge < -0.3 is 10.1 Å². The molecule has 0 radical (unpaired) electrons. The van der Waals surface area contributed by atoms with E-state index in [4.69, 9.17) is 4.74 Å². The van der Waals surface area contributed by atoms with E-state index in [1.165, 1.54) is 19.2 Å². The molecule has 3 nitrogen and oxygen atoms in total. The van der Waals surface area contributed by atoms with Gasteiger partial charge in [0.1, 0.15) is 0 Å².